The van der Waals surface area contributed by atoms with Crippen molar-refractivity contribution >= 4 is 5.97 Å². The van der Waals surface area contributed by atoms with Crippen molar-refractivity contribution in [3.63, 3.8) is 0 Å². The maximum Gasteiger partial charge on any atom is 0.304 e. The summed E-state index contributed by atoms with van der Waals surface area (Å²) in [6.45, 7) is 2.53. The first-order chi connectivity index (χ1) is 12.2. The van der Waals surface area contributed by atoms with Crippen LogP contribution in [0.4, 0.5) is 0 Å². The number of rotatable bonds is 4. The predicted octanol–water partition coefficient (Wildman–Crippen LogP) is 2.90. The number of piperidine rings is 1. The number of aryl methyl sites for hydroxylation is 1. The highest BCUT2D eigenvalue weighted by Gasteiger charge is 2.43. The highest BCUT2D eigenvalue weighted by atomic mass is 16.4. The average Bonchev–Trinajstić information content (AvgIpc) is 2.98. The van der Waals surface area contributed by atoms with Gasteiger partial charge in [0.1, 0.15) is 0 Å². The van der Waals surface area contributed by atoms with Gasteiger partial charge >= 0.3 is 5.97 Å². The molecule has 0 saturated carbocycles. The third-order valence-corrected chi connectivity index (χ3v) is 5.57. The van der Waals surface area contributed by atoms with Gasteiger partial charge in [0.25, 0.3) is 0 Å². The van der Waals surface area contributed by atoms with E-state index in [1.807, 2.05) is 36.5 Å². The zero-order valence-electron chi connectivity index (χ0n) is 14.3. The molecule has 1 aliphatic carbocycles. The highest BCUT2D eigenvalue weighted by Crippen LogP contribution is 2.44. The van der Waals surface area contributed by atoms with Gasteiger partial charge in [0.2, 0.25) is 0 Å². The van der Waals surface area contributed by atoms with Gasteiger partial charge in [0.05, 0.1) is 12.1 Å². The molecule has 5 nitrogen and oxygen atoms in total. The lowest BCUT2D eigenvalue weighted by molar-refractivity contribution is -0.137. The van der Waals surface area contributed by atoms with E-state index in [4.69, 9.17) is 10.1 Å². The molecular formula is C20H23N3O2. The lowest BCUT2D eigenvalue weighted by Crippen LogP contribution is -2.46. The van der Waals surface area contributed by atoms with Gasteiger partial charge in [-0.3, -0.25) is 4.79 Å². The van der Waals surface area contributed by atoms with Crippen LogP contribution < -0.4 is 0 Å². The smallest absolute Gasteiger partial charge is 0.304 e. The van der Waals surface area contributed by atoms with Crippen molar-refractivity contribution in [2.45, 2.75) is 37.5 Å². The molecule has 1 spiro atoms. The second kappa shape index (κ2) is 6.56. The largest absolute Gasteiger partial charge is 0.481 e. The number of hydrogen-bond donors (Lipinski definition) is 1. The topological polar surface area (TPSA) is 66.3 Å². The van der Waals surface area contributed by atoms with Crippen LogP contribution in [0.15, 0.2) is 36.5 Å². The van der Waals surface area contributed by atoms with Crippen LogP contribution in [0.3, 0.4) is 0 Å². The Balaban J connectivity index is 1.62. The summed E-state index contributed by atoms with van der Waals surface area (Å²) >= 11 is 0. The summed E-state index contributed by atoms with van der Waals surface area (Å²) in [5, 5.41) is 8.97. The number of carboxylic acids is 1. The van der Waals surface area contributed by atoms with Gasteiger partial charge in [0, 0.05) is 30.3 Å². The summed E-state index contributed by atoms with van der Waals surface area (Å²) in [4.78, 5) is 22.8. The summed E-state index contributed by atoms with van der Waals surface area (Å²) < 4.78 is 0. The quantitative estimate of drug-likeness (QED) is 0.929. The Morgan fingerprint density at radius 3 is 2.88 bits per heavy atom. The van der Waals surface area contributed by atoms with E-state index in [0.29, 0.717) is 6.54 Å². The number of likely N-dealkylation sites (tertiary alicyclic amines) is 1. The van der Waals surface area contributed by atoms with Crippen molar-refractivity contribution in [3.05, 3.63) is 47.8 Å². The molecule has 2 aromatic rings. The summed E-state index contributed by atoms with van der Waals surface area (Å²) in [5.41, 5.74) is 3.57. The number of benzene rings is 1. The van der Waals surface area contributed by atoms with Gasteiger partial charge < -0.3 is 10.0 Å². The third-order valence-electron chi connectivity index (χ3n) is 5.57. The Hall–Kier alpha value is -2.27. The van der Waals surface area contributed by atoms with Crippen molar-refractivity contribution in [1.29, 1.82) is 0 Å². The van der Waals surface area contributed by atoms with Crippen molar-refractivity contribution in [2.75, 3.05) is 19.6 Å². The van der Waals surface area contributed by atoms with Gasteiger partial charge in [0.15, 0.2) is 5.82 Å². The van der Waals surface area contributed by atoms with Crippen LogP contribution in [-0.4, -0.2) is 45.6 Å². The summed E-state index contributed by atoms with van der Waals surface area (Å²) in [6.07, 6.45) is 6.56. The molecule has 4 rings (SSSR count). The monoisotopic (exact) mass is 337 g/mol. The Morgan fingerprint density at radius 1 is 1.24 bits per heavy atom. The van der Waals surface area contributed by atoms with Crippen LogP contribution in [0.25, 0.3) is 11.4 Å². The Bertz CT molecular complexity index is 774. The highest BCUT2D eigenvalue weighted by molar-refractivity contribution is 5.66. The minimum absolute atomic E-state index is 0.0680. The second-order valence-electron chi connectivity index (χ2n) is 7.24. The Kier molecular flexibility index (Phi) is 4.25. The zero-order chi connectivity index (χ0) is 17.3. The Labute approximate surface area is 147 Å². The molecule has 1 N–H and O–H groups in total. The number of fused-ring (bicyclic) bond motifs is 2. The molecule has 25 heavy (non-hydrogen) atoms. The minimum atomic E-state index is -0.722. The molecule has 5 heteroatoms. The van der Waals surface area contributed by atoms with Crippen molar-refractivity contribution < 1.29 is 9.90 Å². The first-order valence-corrected chi connectivity index (χ1v) is 9.02. The first kappa shape index (κ1) is 16.2. The molecule has 1 unspecified atom stereocenters. The fraction of sp³-hybridized carbons (Fsp3) is 0.450. The summed E-state index contributed by atoms with van der Waals surface area (Å²) in [7, 11) is 0. The van der Waals surface area contributed by atoms with Crippen LogP contribution in [0, 0.1) is 0 Å². The number of carboxylic acid groups (broad SMARTS) is 1. The molecule has 2 heterocycles. The summed E-state index contributed by atoms with van der Waals surface area (Å²) in [6, 6.07) is 10.1. The van der Waals surface area contributed by atoms with Gasteiger partial charge in [-0.1, -0.05) is 30.3 Å². The average molecular weight is 337 g/mol. The molecule has 130 valence electrons. The fourth-order valence-electron chi connectivity index (χ4n) is 4.34. The fourth-order valence-corrected chi connectivity index (χ4v) is 4.34. The molecule has 1 atom stereocenters. The number of carbonyl (C=O) groups is 1. The molecule has 0 amide bonds. The van der Waals surface area contributed by atoms with E-state index in [1.54, 1.807) is 0 Å². The molecule has 1 aromatic heterocycles. The number of aromatic nitrogens is 2. The van der Waals surface area contributed by atoms with Crippen LogP contribution in [0.1, 0.15) is 36.9 Å². The van der Waals surface area contributed by atoms with Crippen molar-refractivity contribution in [1.82, 2.24) is 14.9 Å². The molecule has 0 bridgehead atoms. The number of hydrogen-bond acceptors (Lipinski definition) is 4. The lowest BCUT2D eigenvalue weighted by atomic mass is 9.77. The standard InChI is InChI=1S/C20H23N3O2/c24-17(25)8-12-23-11-4-9-20(14-23)10-7-16-13-21-19(22-18(16)20)15-5-2-1-3-6-15/h1-3,5-6,13H,4,7-12,14H2,(H,24,25). The van der Waals surface area contributed by atoms with E-state index in [1.165, 1.54) is 11.3 Å². The predicted molar refractivity (Wildman–Crippen MR) is 95.4 cm³/mol. The van der Waals surface area contributed by atoms with Crippen molar-refractivity contribution in [3.8, 4) is 11.4 Å². The van der Waals surface area contributed by atoms with Gasteiger partial charge in [-0.05, 0) is 37.8 Å². The molecule has 1 aromatic carbocycles. The Morgan fingerprint density at radius 2 is 2.08 bits per heavy atom. The molecule has 1 aliphatic heterocycles. The first-order valence-electron chi connectivity index (χ1n) is 9.02. The maximum atomic E-state index is 10.9. The van der Waals surface area contributed by atoms with Gasteiger partial charge in [-0.15, -0.1) is 0 Å². The number of nitrogens with zero attached hydrogens (tertiary/aromatic N) is 3. The summed E-state index contributed by atoms with van der Waals surface area (Å²) in [5.74, 6) is 0.0726. The molecular weight excluding hydrogens is 314 g/mol. The zero-order valence-corrected chi connectivity index (χ0v) is 14.3. The van der Waals surface area contributed by atoms with E-state index in [-0.39, 0.29) is 11.8 Å². The van der Waals surface area contributed by atoms with E-state index in [0.717, 1.165) is 50.2 Å². The van der Waals surface area contributed by atoms with Gasteiger partial charge in [-0.2, -0.15) is 0 Å². The van der Waals surface area contributed by atoms with Crippen LogP contribution in [-0.2, 0) is 16.6 Å². The minimum Gasteiger partial charge on any atom is -0.481 e. The SMILES string of the molecule is O=C(O)CCN1CCCC2(CCc3cnc(-c4ccccc4)nc32)C1. The van der Waals surface area contributed by atoms with Crippen LogP contribution in [0.5, 0.6) is 0 Å². The van der Waals surface area contributed by atoms with Crippen LogP contribution >= 0.6 is 0 Å². The third kappa shape index (κ3) is 3.16. The molecule has 2 aliphatic rings. The normalized spacial score (nSPS) is 22.9. The van der Waals surface area contributed by atoms with E-state index in [2.05, 4.69) is 9.88 Å². The van der Waals surface area contributed by atoms with E-state index >= 15 is 0 Å². The molecule has 1 fully saturated rings. The second-order valence-corrected chi connectivity index (χ2v) is 7.24. The van der Waals surface area contributed by atoms with E-state index < -0.39 is 5.97 Å². The maximum absolute atomic E-state index is 10.9. The van der Waals surface area contributed by atoms with Crippen molar-refractivity contribution in [2.24, 2.45) is 0 Å². The number of aliphatic carboxylic acids is 1. The van der Waals surface area contributed by atoms with Gasteiger partial charge in [-0.25, -0.2) is 9.97 Å². The van der Waals surface area contributed by atoms with Crippen LogP contribution in [0.2, 0.25) is 0 Å². The lowest BCUT2D eigenvalue weighted by Gasteiger charge is -2.40. The molecule has 1 saturated heterocycles. The molecule has 0 radical (unpaired) electrons. The van der Waals surface area contributed by atoms with E-state index in [9.17, 15) is 4.79 Å².